The number of benzene rings is 2. The van der Waals surface area contributed by atoms with E-state index >= 15 is 0 Å². The highest BCUT2D eigenvalue weighted by Gasteiger charge is 2.21. The number of primary sulfonamides is 1. The molecule has 0 aliphatic heterocycles. The number of halogens is 1. The third-order valence-corrected chi connectivity index (χ3v) is 6.82. The molecule has 2 aromatic carbocycles. The number of sulfonamides is 2. The van der Waals surface area contributed by atoms with Crippen molar-refractivity contribution < 1.29 is 16.8 Å². The summed E-state index contributed by atoms with van der Waals surface area (Å²) in [5, 5.41) is 5.11. The number of hydrogen-bond acceptors (Lipinski definition) is 4. The van der Waals surface area contributed by atoms with Gasteiger partial charge in [-0.1, -0.05) is 18.2 Å². The first-order valence-corrected chi connectivity index (χ1v) is 10.7. The van der Waals surface area contributed by atoms with Gasteiger partial charge in [0.1, 0.15) is 0 Å². The van der Waals surface area contributed by atoms with E-state index in [9.17, 15) is 16.8 Å². The summed E-state index contributed by atoms with van der Waals surface area (Å²) >= 11 is 3.25. The maximum atomic E-state index is 12.5. The van der Waals surface area contributed by atoms with Gasteiger partial charge in [-0.3, -0.25) is 0 Å². The molecule has 1 unspecified atom stereocenters. The Kier molecular flexibility index (Phi) is 5.50. The second kappa shape index (κ2) is 6.93. The number of rotatable bonds is 5. The zero-order valence-corrected chi connectivity index (χ0v) is 16.2. The molecule has 1 atom stereocenters. The maximum Gasteiger partial charge on any atom is 0.242 e. The summed E-state index contributed by atoms with van der Waals surface area (Å²) in [5.41, 5.74) is 1.42. The van der Waals surface area contributed by atoms with Crippen LogP contribution in [0.1, 0.15) is 24.1 Å². The first-order valence-electron chi connectivity index (χ1n) is 6.92. The van der Waals surface area contributed by atoms with Crippen LogP contribution in [0.3, 0.4) is 0 Å². The highest BCUT2D eigenvalue weighted by atomic mass is 79.9. The first kappa shape index (κ1) is 19.1. The molecule has 0 saturated carbocycles. The van der Waals surface area contributed by atoms with E-state index in [-0.39, 0.29) is 9.79 Å². The topological polar surface area (TPSA) is 106 Å². The van der Waals surface area contributed by atoms with Gasteiger partial charge < -0.3 is 0 Å². The first-order chi connectivity index (χ1) is 11.0. The monoisotopic (exact) mass is 432 g/mol. The molecule has 2 aromatic rings. The summed E-state index contributed by atoms with van der Waals surface area (Å²) < 4.78 is 50.9. The number of aryl methyl sites for hydroxylation is 1. The predicted octanol–water partition coefficient (Wildman–Crippen LogP) is 2.44. The Balaban J connectivity index is 2.33. The van der Waals surface area contributed by atoms with Crippen molar-refractivity contribution in [3.8, 4) is 0 Å². The van der Waals surface area contributed by atoms with Crippen molar-refractivity contribution >= 4 is 36.0 Å². The Morgan fingerprint density at radius 3 is 2.33 bits per heavy atom. The van der Waals surface area contributed by atoms with Crippen molar-refractivity contribution in [2.24, 2.45) is 5.14 Å². The van der Waals surface area contributed by atoms with Crippen LogP contribution in [-0.2, 0) is 20.0 Å². The molecule has 0 aromatic heterocycles. The van der Waals surface area contributed by atoms with Crippen LogP contribution in [-0.4, -0.2) is 16.8 Å². The summed E-state index contributed by atoms with van der Waals surface area (Å²) in [5.74, 6) is 0. The zero-order chi connectivity index (χ0) is 18.1. The van der Waals surface area contributed by atoms with E-state index in [1.54, 1.807) is 25.1 Å². The molecule has 0 fully saturated rings. The molecule has 0 aliphatic carbocycles. The summed E-state index contributed by atoms with van der Waals surface area (Å²) in [4.78, 5) is 0.0464. The lowest BCUT2D eigenvalue weighted by atomic mass is 10.1. The van der Waals surface area contributed by atoms with Crippen LogP contribution >= 0.6 is 15.9 Å². The van der Waals surface area contributed by atoms with Gasteiger partial charge in [-0.25, -0.2) is 26.7 Å². The molecule has 0 amide bonds. The second-order valence-electron chi connectivity index (χ2n) is 5.39. The SMILES string of the molecule is Cc1ccc(S(=O)(=O)NC(C)c2cccc(S(N)(=O)=O)c2)c(Br)c1. The third-order valence-electron chi connectivity index (χ3n) is 3.40. The predicted molar refractivity (Wildman–Crippen MR) is 95.4 cm³/mol. The van der Waals surface area contributed by atoms with Crippen molar-refractivity contribution in [3.63, 3.8) is 0 Å². The fourth-order valence-electron chi connectivity index (χ4n) is 2.15. The number of nitrogens with one attached hydrogen (secondary N) is 1. The minimum absolute atomic E-state index is 0.0671. The molecule has 0 heterocycles. The van der Waals surface area contributed by atoms with Gasteiger partial charge in [0, 0.05) is 10.5 Å². The van der Waals surface area contributed by atoms with E-state index in [0.717, 1.165) is 5.56 Å². The lowest BCUT2D eigenvalue weighted by Gasteiger charge is -2.16. The fourth-order valence-corrected chi connectivity index (χ4v) is 5.14. The highest BCUT2D eigenvalue weighted by Crippen LogP contribution is 2.25. The summed E-state index contributed by atoms with van der Waals surface area (Å²) in [6.45, 7) is 3.48. The van der Waals surface area contributed by atoms with Crippen LogP contribution in [0.2, 0.25) is 0 Å². The molecule has 0 aliphatic rings. The normalized spacial score (nSPS) is 13.7. The van der Waals surface area contributed by atoms with E-state index in [4.69, 9.17) is 5.14 Å². The molecular formula is C15H17BrN2O4S2. The van der Waals surface area contributed by atoms with Crippen molar-refractivity contribution in [2.75, 3.05) is 0 Å². The molecule has 6 nitrogen and oxygen atoms in total. The van der Waals surface area contributed by atoms with Crippen LogP contribution in [0, 0.1) is 6.92 Å². The van der Waals surface area contributed by atoms with Crippen molar-refractivity contribution in [3.05, 3.63) is 58.1 Å². The molecule has 24 heavy (non-hydrogen) atoms. The standard InChI is InChI=1S/C15H17BrN2O4S2/c1-10-6-7-15(14(16)8-10)24(21,22)18-11(2)12-4-3-5-13(9-12)23(17,19)20/h3-9,11,18H,1-2H3,(H2,17,19,20). The third kappa shape index (κ3) is 4.42. The largest absolute Gasteiger partial charge is 0.242 e. The average Bonchev–Trinajstić information content (AvgIpc) is 2.45. The molecule has 0 bridgehead atoms. The fraction of sp³-hybridized carbons (Fsp3) is 0.200. The van der Waals surface area contributed by atoms with Gasteiger partial charge in [-0.05, 0) is 65.2 Å². The highest BCUT2D eigenvalue weighted by molar-refractivity contribution is 9.10. The van der Waals surface area contributed by atoms with Crippen LogP contribution < -0.4 is 9.86 Å². The minimum Gasteiger partial charge on any atom is -0.225 e. The van der Waals surface area contributed by atoms with Gasteiger partial charge in [0.05, 0.1) is 9.79 Å². The average molecular weight is 433 g/mol. The van der Waals surface area contributed by atoms with Crippen molar-refractivity contribution in [1.29, 1.82) is 0 Å². The van der Waals surface area contributed by atoms with Gasteiger partial charge in [0.15, 0.2) is 0 Å². The van der Waals surface area contributed by atoms with Crippen LogP contribution in [0.5, 0.6) is 0 Å². The summed E-state index contributed by atoms with van der Waals surface area (Å²) in [6.07, 6.45) is 0. The molecule has 9 heteroatoms. The molecule has 130 valence electrons. The van der Waals surface area contributed by atoms with E-state index in [1.165, 1.54) is 24.3 Å². The molecule has 2 rings (SSSR count). The lowest BCUT2D eigenvalue weighted by molar-refractivity contribution is 0.566. The zero-order valence-electron chi connectivity index (χ0n) is 13.0. The van der Waals surface area contributed by atoms with E-state index in [1.807, 2.05) is 6.92 Å². The Morgan fingerprint density at radius 1 is 1.08 bits per heavy atom. The minimum atomic E-state index is -3.85. The van der Waals surface area contributed by atoms with Gasteiger partial charge in [-0.15, -0.1) is 0 Å². The van der Waals surface area contributed by atoms with Gasteiger partial charge in [0.25, 0.3) is 0 Å². The molecule has 0 spiro atoms. The molecular weight excluding hydrogens is 416 g/mol. The smallest absolute Gasteiger partial charge is 0.225 e. The molecule has 3 N–H and O–H groups in total. The molecule has 0 radical (unpaired) electrons. The van der Waals surface area contributed by atoms with Crippen LogP contribution in [0.25, 0.3) is 0 Å². The van der Waals surface area contributed by atoms with Gasteiger partial charge in [0.2, 0.25) is 20.0 Å². The summed E-state index contributed by atoms with van der Waals surface area (Å²) in [7, 11) is -7.63. The van der Waals surface area contributed by atoms with Gasteiger partial charge >= 0.3 is 0 Å². The quantitative estimate of drug-likeness (QED) is 0.756. The number of nitrogens with two attached hydrogens (primary N) is 1. The van der Waals surface area contributed by atoms with E-state index < -0.39 is 26.1 Å². The summed E-state index contributed by atoms with van der Waals surface area (Å²) in [6, 6.07) is 10.1. The van der Waals surface area contributed by atoms with Crippen LogP contribution in [0.4, 0.5) is 0 Å². The Labute approximate surface area is 150 Å². The lowest BCUT2D eigenvalue weighted by Crippen LogP contribution is -2.27. The van der Waals surface area contributed by atoms with Crippen molar-refractivity contribution in [2.45, 2.75) is 29.7 Å². The number of hydrogen-bond donors (Lipinski definition) is 2. The molecule has 0 saturated heterocycles. The van der Waals surface area contributed by atoms with E-state index in [2.05, 4.69) is 20.7 Å². The second-order valence-corrected chi connectivity index (χ2v) is 9.49. The van der Waals surface area contributed by atoms with Crippen molar-refractivity contribution in [1.82, 2.24) is 4.72 Å². The Hall–Kier alpha value is -1.26. The maximum absolute atomic E-state index is 12.5. The Morgan fingerprint density at radius 2 is 1.75 bits per heavy atom. The van der Waals surface area contributed by atoms with E-state index in [0.29, 0.717) is 10.0 Å². The van der Waals surface area contributed by atoms with Gasteiger partial charge in [-0.2, -0.15) is 0 Å². The van der Waals surface area contributed by atoms with Crippen LogP contribution in [0.15, 0.2) is 56.7 Å². The Bertz CT molecular complexity index is 973.